The number of alkyl halides is 1. The van der Waals surface area contributed by atoms with Gasteiger partial charge in [0, 0.05) is 6.20 Å². The number of aromatic amines is 1. The van der Waals surface area contributed by atoms with Crippen LogP contribution in [0.25, 0.3) is 0 Å². The molecule has 1 saturated heterocycles. The molecule has 0 amide bonds. The van der Waals surface area contributed by atoms with Crippen molar-refractivity contribution in [1.82, 2.24) is 9.55 Å². The molecular formula is C16H20FN3O6S. The molecule has 5 atom stereocenters. The summed E-state index contributed by atoms with van der Waals surface area (Å²) in [6.45, 7) is -0.448. The summed E-state index contributed by atoms with van der Waals surface area (Å²) in [5, 5.41) is 20.3. The molecule has 11 heteroatoms. The van der Waals surface area contributed by atoms with Crippen LogP contribution in [0.4, 0.5) is 4.39 Å². The Morgan fingerprint density at radius 2 is 2.33 bits per heavy atom. The Bertz CT molecular complexity index is 961. The van der Waals surface area contributed by atoms with E-state index in [1.807, 2.05) is 0 Å². The van der Waals surface area contributed by atoms with Crippen LogP contribution in [0.2, 0.25) is 0 Å². The first kappa shape index (κ1) is 18.3. The zero-order valence-electron chi connectivity index (χ0n) is 16.4. The van der Waals surface area contributed by atoms with Crippen LogP contribution in [-0.2, 0) is 14.3 Å². The number of carbonyl (C=O) groups excluding carboxylic acids is 1. The average Bonchev–Trinajstić information content (AvgIpc) is 2.86. The molecule has 1 aliphatic rings. The van der Waals surface area contributed by atoms with Crippen LogP contribution in [-0.4, -0.2) is 56.4 Å². The molecule has 2 rings (SSSR count). The Morgan fingerprint density at radius 1 is 1.70 bits per heavy atom. The number of hydrogen-bond acceptors (Lipinski definition) is 8. The van der Waals surface area contributed by atoms with Gasteiger partial charge in [-0.2, -0.15) is 0 Å². The summed E-state index contributed by atoms with van der Waals surface area (Å²) in [7, 11) is 0. The number of halogens is 1. The van der Waals surface area contributed by atoms with Crippen molar-refractivity contribution < 1.29 is 31.6 Å². The number of terminal acetylenes is 1. The summed E-state index contributed by atoms with van der Waals surface area (Å²) >= 11 is 4.86. The highest BCUT2D eigenvalue weighted by Gasteiger charge is 2.57. The third kappa shape index (κ3) is 4.10. The molecule has 0 bridgehead atoms. The summed E-state index contributed by atoms with van der Waals surface area (Å²) < 4.78 is 40.8. The number of hydrogen-bond donors (Lipinski definition) is 4. The molecule has 0 aliphatic carbocycles. The van der Waals surface area contributed by atoms with Crippen molar-refractivity contribution in [3.05, 3.63) is 26.9 Å². The van der Waals surface area contributed by atoms with E-state index in [0.29, 0.717) is 4.57 Å². The number of nitrogens with zero attached hydrogens (tertiary/aromatic N) is 1. The van der Waals surface area contributed by atoms with E-state index in [0.717, 1.165) is 6.20 Å². The smallest absolute Gasteiger partial charge is 0.328 e. The van der Waals surface area contributed by atoms with Gasteiger partial charge in [0.1, 0.15) is 22.9 Å². The minimum absolute atomic E-state index is 0.00130. The van der Waals surface area contributed by atoms with Crippen LogP contribution in [0.5, 0.6) is 0 Å². The van der Waals surface area contributed by atoms with Crippen LogP contribution in [0.1, 0.15) is 28.4 Å². The van der Waals surface area contributed by atoms with Crippen molar-refractivity contribution in [2.75, 3.05) is 6.56 Å². The third-order valence-corrected chi connectivity index (χ3v) is 4.29. The second-order valence-corrected chi connectivity index (χ2v) is 6.64. The number of H-pyrrole nitrogens is 1. The molecule has 9 nitrogen and oxygen atoms in total. The number of aromatic nitrogens is 2. The molecular weight excluding hydrogens is 381 g/mol. The average molecular weight is 403 g/mol. The van der Waals surface area contributed by atoms with Gasteiger partial charge in [0.2, 0.25) is 0 Å². The predicted molar refractivity (Wildman–Crippen MR) is 93.6 cm³/mol. The molecule has 0 radical (unpaired) electrons. The van der Waals surface area contributed by atoms with Gasteiger partial charge in [-0.1, -0.05) is 32.0 Å². The Kier molecular flexibility index (Phi) is 5.33. The molecule has 0 spiro atoms. The highest BCUT2D eigenvalue weighted by molar-refractivity contribution is 7.71. The molecule has 0 aromatic carbocycles. The summed E-state index contributed by atoms with van der Waals surface area (Å²) in [6.07, 6.45) is -0.337. The number of ether oxygens (including phenoxy) is 2. The minimum Gasteiger partial charge on any atom is -0.458 e. The van der Waals surface area contributed by atoms with Crippen LogP contribution in [0, 0.1) is 22.9 Å². The van der Waals surface area contributed by atoms with Crippen molar-refractivity contribution in [2.24, 2.45) is 11.7 Å². The Morgan fingerprint density at radius 3 is 2.89 bits per heavy atom. The van der Waals surface area contributed by atoms with Crippen molar-refractivity contribution in [1.29, 1.82) is 0 Å². The fourth-order valence-electron chi connectivity index (χ4n) is 2.23. The molecule has 0 unspecified atom stereocenters. The summed E-state index contributed by atoms with van der Waals surface area (Å²) in [6, 6.07) is -1.28. The van der Waals surface area contributed by atoms with Gasteiger partial charge in [0.05, 0.1) is 8.30 Å². The standard InChI is InChI=1S/C16H20FN3O6S/c1-4-8-5-20(15(24)19-12(8)27)13-10(21)11(22)16(17,26-13)6-25-14(23)9(18)7(2)3/h1,5,7,9-11,13,21-22H,6,18H2,2-3H3,(H,19,24,27)/t9-,10+,11-,13+,16+/m0/s1/i6D2. The summed E-state index contributed by atoms with van der Waals surface area (Å²) in [4.78, 5) is 26.3. The quantitative estimate of drug-likeness (QED) is 0.288. The van der Waals surface area contributed by atoms with Crippen molar-refractivity contribution in [2.45, 2.75) is 44.2 Å². The number of nitrogens with two attached hydrogens (primary N) is 1. The second kappa shape index (κ2) is 7.87. The maximum atomic E-state index is 15.4. The molecule has 27 heavy (non-hydrogen) atoms. The monoisotopic (exact) mass is 403 g/mol. The fraction of sp³-hybridized carbons (Fsp3) is 0.562. The van der Waals surface area contributed by atoms with Crippen LogP contribution in [0.15, 0.2) is 11.0 Å². The lowest BCUT2D eigenvalue weighted by Crippen LogP contribution is -2.46. The van der Waals surface area contributed by atoms with E-state index < -0.39 is 54.5 Å². The zero-order valence-corrected chi connectivity index (χ0v) is 15.2. The molecule has 1 fully saturated rings. The number of aliphatic hydroxyl groups is 2. The lowest BCUT2D eigenvalue weighted by Gasteiger charge is -2.24. The van der Waals surface area contributed by atoms with Gasteiger partial charge in [-0.3, -0.25) is 14.3 Å². The minimum atomic E-state index is -3.73. The molecule has 1 aromatic rings. The molecule has 0 saturated carbocycles. The number of aliphatic hydroxyl groups excluding tert-OH is 2. The molecule has 5 N–H and O–H groups in total. The highest BCUT2D eigenvalue weighted by Crippen LogP contribution is 2.38. The first-order valence-electron chi connectivity index (χ1n) is 8.80. The van der Waals surface area contributed by atoms with Crippen LogP contribution in [0.3, 0.4) is 0 Å². The Labute approximate surface area is 161 Å². The van der Waals surface area contributed by atoms with E-state index in [9.17, 15) is 19.8 Å². The van der Waals surface area contributed by atoms with Crippen molar-refractivity contribution >= 4 is 18.2 Å². The number of esters is 1. The lowest BCUT2D eigenvalue weighted by molar-refractivity contribution is -0.217. The zero-order chi connectivity index (χ0) is 22.3. The first-order chi connectivity index (χ1) is 13.3. The molecule has 2 heterocycles. The van der Waals surface area contributed by atoms with Gasteiger partial charge in [-0.05, 0) is 5.92 Å². The second-order valence-electron chi connectivity index (χ2n) is 6.24. The number of carbonyl (C=O) groups is 1. The van der Waals surface area contributed by atoms with E-state index in [1.54, 1.807) is 13.8 Å². The Balaban J connectivity index is 2.42. The highest BCUT2D eigenvalue weighted by atomic mass is 32.1. The van der Waals surface area contributed by atoms with E-state index in [4.69, 9.17) is 31.9 Å². The predicted octanol–water partition coefficient (Wildman–Crippen LogP) is -0.670. The normalized spacial score (nSPS) is 30.4. The van der Waals surface area contributed by atoms with Gasteiger partial charge in [0.15, 0.2) is 12.8 Å². The first-order valence-corrected chi connectivity index (χ1v) is 8.21. The number of nitrogens with one attached hydrogen (secondary N) is 1. The van der Waals surface area contributed by atoms with Crippen molar-refractivity contribution in [3.63, 3.8) is 0 Å². The Hall–Kier alpha value is -2.10. The summed E-state index contributed by atoms with van der Waals surface area (Å²) in [5.41, 5.74) is 4.60. The largest absolute Gasteiger partial charge is 0.458 e. The van der Waals surface area contributed by atoms with Gasteiger partial charge in [-0.15, -0.1) is 6.42 Å². The van der Waals surface area contributed by atoms with Gasteiger partial charge in [-0.25, -0.2) is 9.18 Å². The third-order valence-electron chi connectivity index (χ3n) is 3.97. The van der Waals surface area contributed by atoms with Gasteiger partial charge in [0.25, 0.3) is 5.85 Å². The fourth-order valence-corrected chi connectivity index (χ4v) is 2.43. The van der Waals surface area contributed by atoms with E-state index in [-0.39, 0.29) is 10.2 Å². The summed E-state index contributed by atoms with van der Waals surface area (Å²) in [5.74, 6) is -3.30. The van der Waals surface area contributed by atoms with Gasteiger partial charge < -0.3 is 25.4 Å². The SMILES string of the molecule is [2H]C([2H])(OC(=O)[C@@H](N)C(C)C)[C@@]1(F)O[C@@H](n2cc(C#C)c(=S)[nH]c2=O)[C@H](O)[C@@H]1O. The van der Waals surface area contributed by atoms with E-state index in [2.05, 4.69) is 15.6 Å². The van der Waals surface area contributed by atoms with Crippen molar-refractivity contribution in [3.8, 4) is 12.3 Å². The number of rotatable bonds is 5. The van der Waals surface area contributed by atoms with E-state index in [1.165, 1.54) is 0 Å². The molecule has 148 valence electrons. The van der Waals surface area contributed by atoms with E-state index >= 15 is 4.39 Å². The maximum absolute atomic E-state index is 15.4. The molecule has 1 aliphatic heterocycles. The van der Waals surface area contributed by atoms with Gasteiger partial charge >= 0.3 is 11.7 Å². The molecule has 1 aromatic heterocycles. The lowest BCUT2D eigenvalue weighted by atomic mass is 10.1. The van der Waals surface area contributed by atoms with Crippen LogP contribution < -0.4 is 11.4 Å². The van der Waals surface area contributed by atoms with Crippen LogP contribution >= 0.6 is 12.2 Å². The topological polar surface area (TPSA) is 140 Å². The maximum Gasteiger partial charge on any atom is 0.328 e.